The predicted octanol–water partition coefficient (Wildman–Crippen LogP) is 4.32. The van der Waals surface area contributed by atoms with Crippen molar-refractivity contribution in [3.63, 3.8) is 0 Å². The molecule has 1 aliphatic rings. The van der Waals surface area contributed by atoms with Gasteiger partial charge in [-0.1, -0.05) is 23.9 Å². The summed E-state index contributed by atoms with van der Waals surface area (Å²) < 4.78 is 30.2. The monoisotopic (exact) mass is 302 g/mol. The van der Waals surface area contributed by atoms with Crippen molar-refractivity contribution in [3.8, 4) is 0 Å². The van der Waals surface area contributed by atoms with Gasteiger partial charge in [-0.3, -0.25) is 0 Å². The maximum atomic E-state index is 14.1. The Bertz CT molecular complexity index is 837. The number of hydrogen-bond donors (Lipinski definition) is 0. The lowest BCUT2D eigenvalue weighted by Gasteiger charge is -2.15. The largest absolute Gasteiger partial charge is 0.310 e. The highest BCUT2D eigenvalue weighted by molar-refractivity contribution is 7.99. The molecule has 0 saturated carbocycles. The van der Waals surface area contributed by atoms with Gasteiger partial charge in [0.25, 0.3) is 0 Å². The van der Waals surface area contributed by atoms with Crippen molar-refractivity contribution in [1.82, 2.24) is 9.55 Å². The molecular weight excluding hydrogens is 290 g/mol. The summed E-state index contributed by atoms with van der Waals surface area (Å²) in [6.07, 6.45) is 0. The van der Waals surface area contributed by atoms with Gasteiger partial charge in [0.2, 0.25) is 0 Å². The van der Waals surface area contributed by atoms with E-state index >= 15 is 0 Å². The second kappa shape index (κ2) is 4.56. The average Bonchev–Trinajstić information content (AvgIpc) is 2.99. The van der Waals surface area contributed by atoms with Crippen LogP contribution in [0.5, 0.6) is 0 Å². The third-order valence-corrected chi connectivity index (χ3v) is 4.86. The fraction of sp³-hybridized carbons (Fsp3) is 0.188. The van der Waals surface area contributed by atoms with Crippen LogP contribution >= 0.6 is 11.8 Å². The standard InChI is InChI=1S/C16H12F2N2S/c1-9-5-6-12-13(7-9)20-14(8-21-16(20)19-12)15-10(17)3-2-4-11(15)18/h2-7,14H,8H2,1H3. The quantitative estimate of drug-likeness (QED) is 0.666. The molecule has 0 N–H and O–H groups in total. The van der Waals surface area contributed by atoms with E-state index in [9.17, 15) is 8.78 Å². The smallest absolute Gasteiger partial charge is 0.169 e. The maximum Gasteiger partial charge on any atom is 0.169 e. The van der Waals surface area contributed by atoms with Crippen LogP contribution in [-0.2, 0) is 0 Å². The van der Waals surface area contributed by atoms with Crippen LogP contribution in [0, 0.1) is 18.6 Å². The lowest BCUT2D eigenvalue weighted by atomic mass is 10.1. The van der Waals surface area contributed by atoms with Gasteiger partial charge in [-0.15, -0.1) is 0 Å². The molecule has 1 unspecified atom stereocenters. The van der Waals surface area contributed by atoms with E-state index in [0.29, 0.717) is 5.75 Å². The molecule has 2 heterocycles. The van der Waals surface area contributed by atoms with Crippen molar-refractivity contribution in [2.24, 2.45) is 0 Å². The molecule has 0 bridgehead atoms. The number of aryl methyl sites for hydroxylation is 1. The lowest BCUT2D eigenvalue weighted by Crippen LogP contribution is -2.12. The van der Waals surface area contributed by atoms with E-state index in [2.05, 4.69) is 4.98 Å². The first-order chi connectivity index (χ1) is 10.1. The molecule has 0 aliphatic carbocycles. The molecule has 1 aromatic heterocycles. The molecule has 0 spiro atoms. The third kappa shape index (κ3) is 1.87. The molecule has 21 heavy (non-hydrogen) atoms. The zero-order valence-corrected chi connectivity index (χ0v) is 12.1. The first-order valence-corrected chi connectivity index (χ1v) is 7.69. The lowest BCUT2D eigenvalue weighted by molar-refractivity contribution is 0.509. The summed E-state index contributed by atoms with van der Waals surface area (Å²) >= 11 is 1.54. The van der Waals surface area contributed by atoms with Gasteiger partial charge in [0, 0.05) is 11.3 Å². The summed E-state index contributed by atoms with van der Waals surface area (Å²) in [4.78, 5) is 4.55. The van der Waals surface area contributed by atoms with Gasteiger partial charge in [0.15, 0.2) is 5.16 Å². The summed E-state index contributed by atoms with van der Waals surface area (Å²) in [7, 11) is 0. The van der Waals surface area contributed by atoms with Crippen LogP contribution in [0.1, 0.15) is 17.2 Å². The van der Waals surface area contributed by atoms with E-state index in [0.717, 1.165) is 21.8 Å². The molecule has 4 rings (SSSR count). The Balaban J connectivity index is 1.97. The third-order valence-electron chi connectivity index (χ3n) is 3.83. The van der Waals surface area contributed by atoms with Crippen molar-refractivity contribution in [2.75, 3.05) is 5.75 Å². The van der Waals surface area contributed by atoms with Crippen LogP contribution in [0.15, 0.2) is 41.6 Å². The van der Waals surface area contributed by atoms with Gasteiger partial charge in [-0.05, 0) is 36.8 Å². The summed E-state index contributed by atoms with van der Waals surface area (Å²) in [6, 6.07) is 9.63. The number of thioether (sulfide) groups is 1. The summed E-state index contributed by atoms with van der Waals surface area (Å²) in [5, 5.41) is 0.822. The number of rotatable bonds is 1. The van der Waals surface area contributed by atoms with Crippen molar-refractivity contribution >= 4 is 22.8 Å². The first kappa shape index (κ1) is 12.8. The molecule has 0 saturated heterocycles. The van der Waals surface area contributed by atoms with E-state index in [1.165, 1.54) is 30.0 Å². The number of nitrogens with zero attached hydrogens (tertiary/aromatic N) is 2. The molecular formula is C16H12F2N2S. The van der Waals surface area contributed by atoms with Crippen molar-refractivity contribution in [1.29, 1.82) is 0 Å². The molecule has 1 aliphatic heterocycles. The molecule has 0 fully saturated rings. The number of aromatic nitrogens is 2. The van der Waals surface area contributed by atoms with Crippen molar-refractivity contribution in [3.05, 3.63) is 59.2 Å². The Labute approximate surface area is 124 Å². The highest BCUT2D eigenvalue weighted by atomic mass is 32.2. The Morgan fingerprint density at radius 3 is 2.71 bits per heavy atom. The van der Waals surface area contributed by atoms with Gasteiger partial charge >= 0.3 is 0 Å². The minimum absolute atomic E-state index is 0.129. The van der Waals surface area contributed by atoms with Crippen LogP contribution in [0.25, 0.3) is 11.0 Å². The highest BCUT2D eigenvalue weighted by Crippen LogP contribution is 2.41. The summed E-state index contributed by atoms with van der Waals surface area (Å²) in [5.74, 6) is -0.393. The Morgan fingerprint density at radius 1 is 1.19 bits per heavy atom. The average molecular weight is 302 g/mol. The SMILES string of the molecule is Cc1ccc2nc3n(c2c1)C(c1c(F)cccc1F)CS3. The van der Waals surface area contributed by atoms with Gasteiger partial charge in [-0.25, -0.2) is 13.8 Å². The second-order valence-corrected chi connectivity index (χ2v) is 6.21. The Morgan fingerprint density at radius 2 is 1.95 bits per heavy atom. The molecule has 3 aromatic rings. The van der Waals surface area contributed by atoms with Crippen LogP contribution < -0.4 is 0 Å². The molecule has 106 valence electrons. The molecule has 5 heteroatoms. The maximum absolute atomic E-state index is 14.1. The Kier molecular flexibility index (Phi) is 2.79. The van der Waals surface area contributed by atoms with Crippen LogP contribution in [0.2, 0.25) is 0 Å². The van der Waals surface area contributed by atoms with E-state index in [1.54, 1.807) is 0 Å². The summed E-state index contributed by atoms with van der Waals surface area (Å²) in [6.45, 7) is 2.00. The number of fused-ring (bicyclic) bond motifs is 3. The molecule has 2 nitrogen and oxygen atoms in total. The van der Waals surface area contributed by atoms with Gasteiger partial charge in [-0.2, -0.15) is 0 Å². The van der Waals surface area contributed by atoms with E-state index in [1.807, 2.05) is 29.7 Å². The van der Waals surface area contributed by atoms with E-state index < -0.39 is 11.6 Å². The van der Waals surface area contributed by atoms with Crippen molar-refractivity contribution < 1.29 is 8.78 Å². The van der Waals surface area contributed by atoms with E-state index in [-0.39, 0.29) is 11.6 Å². The highest BCUT2D eigenvalue weighted by Gasteiger charge is 2.31. The van der Waals surface area contributed by atoms with Crippen LogP contribution in [-0.4, -0.2) is 15.3 Å². The van der Waals surface area contributed by atoms with Gasteiger partial charge in [0.1, 0.15) is 11.6 Å². The molecule has 1 atom stereocenters. The second-order valence-electron chi connectivity index (χ2n) is 5.22. The van der Waals surface area contributed by atoms with E-state index in [4.69, 9.17) is 0 Å². The molecule has 2 aromatic carbocycles. The first-order valence-electron chi connectivity index (χ1n) is 6.70. The number of hydrogen-bond acceptors (Lipinski definition) is 2. The van der Waals surface area contributed by atoms with Gasteiger partial charge < -0.3 is 4.57 Å². The minimum atomic E-state index is -0.497. The topological polar surface area (TPSA) is 17.8 Å². The van der Waals surface area contributed by atoms with Gasteiger partial charge in [0.05, 0.1) is 17.1 Å². The molecule has 0 amide bonds. The fourth-order valence-corrected chi connectivity index (χ4v) is 4.00. The summed E-state index contributed by atoms with van der Waals surface area (Å²) in [5.41, 5.74) is 3.03. The zero-order valence-electron chi connectivity index (χ0n) is 11.3. The Hall–Kier alpha value is -1.88. The number of imidazole rings is 1. The van der Waals surface area contributed by atoms with Crippen LogP contribution in [0.4, 0.5) is 8.78 Å². The fourth-order valence-electron chi connectivity index (χ4n) is 2.85. The minimum Gasteiger partial charge on any atom is -0.310 e. The normalized spacial score (nSPS) is 17.4. The number of halogens is 2. The van der Waals surface area contributed by atoms with Crippen molar-refractivity contribution in [2.45, 2.75) is 18.1 Å². The zero-order chi connectivity index (χ0) is 14.6. The molecule has 0 radical (unpaired) electrons. The van der Waals surface area contributed by atoms with Crippen LogP contribution in [0.3, 0.4) is 0 Å². The number of benzene rings is 2. The predicted molar refractivity (Wildman–Crippen MR) is 79.7 cm³/mol.